The molecule has 4 nitrogen and oxygen atoms in total. The number of rotatable bonds is 2. The van der Waals surface area contributed by atoms with Crippen molar-refractivity contribution in [3.05, 3.63) is 5.01 Å². The van der Waals surface area contributed by atoms with E-state index >= 15 is 0 Å². The number of nitrogens with zero attached hydrogens (tertiary/aromatic N) is 3. The molecule has 2 N–H and O–H groups in total. The largest absolute Gasteiger partial charge is 0.374 e. The van der Waals surface area contributed by atoms with Gasteiger partial charge in [-0.05, 0) is 24.8 Å². The normalized spacial score (nSPS) is 28.1. The van der Waals surface area contributed by atoms with E-state index in [0.29, 0.717) is 5.13 Å². The third kappa shape index (κ3) is 2.66. The predicted octanol–water partition coefficient (Wildman–Crippen LogP) is 1.60. The number of likely N-dealkylation sites (tertiary alicyclic amines) is 1. The summed E-state index contributed by atoms with van der Waals surface area (Å²) in [4.78, 5) is 2.45. The highest BCUT2D eigenvalue weighted by Gasteiger charge is 2.23. The van der Waals surface area contributed by atoms with Crippen LogP contribution in [0.25, 0.3) is 0 Å². The Morgan fingerprint density at radius 3 is 2.80 bits per heavy atom. The number of aromatic nitrogens is 2. The van der Waals surface area contributed by atoms with E-state index in [1.165, 1.54) is 30.8 Å². The minimum atomic E-state index is 0.573. The first-order valence-corrected chi connectivity index (χ1v) is 6.27. The minimum absolute atomic E-state index is 0.573. The van der Waals surface area contributed by atoms with Gasteiger partial charge in [0.2, 0.25) is 5.13 Å². The Balaban J connectivity index is 1.90. The van der Waals surface area contributed by atoms with Crippen molar-refractivity contribution < 1.29 is 0 Å². The summed E-state index contributed by atoms with van der Waals surface area (Å²) in [5, 5.41) is 9.50. The fraction of sp³-hybridized carbons (Fsp3) is 0.800. The number of hydrogen-bond donors (Lipinski definition) is 1. The summed E-state index contributed by atoms with van der Waals surface area (Å²) in [6.07, 6.45) is 1.29. The minimum Gasteiger partial charge on any atom is -0.374 e. The van der Waals surface area contributed by atoms with Gasteiger partial charge in [0.05, 0.1) is 6.54 Å². The van der Waals surface area contributed by atoms with Crippen molar-refractivity contribution in [2.24, 2.45) is 11.8 Å². The zero-order valence-electron chi connectivity index (χ0n) is 9.31. The van der Waals surface area contributed by atoms with Gasteiger partial charge < -0.3 is 5.73 Å². The highest BCUT2D eigenvalue weighted by atomic mass is 32.1. The van der Waals surface area contributed by atoms with Crippen molar-refractivity contribution >= 4 is 16.5 Å². The van der Waals surface area contributed by atoms with Gasteiger partial charge in [-0.25, -0.2) is 0 Å². The van der Waals surface area contributed by atoms with Crippen molar-refractivity contribution in [1.29, 1.82) is 0 Å². The summed E-state index contributed by atoms with van der Waals surface area (Å²) < 4.78 is 0. The molecule has 1 aromatic rings. The monoisotopic (exact) mass is 226 g/mol. The summed E-state index contributed by atoms with van der Waals surface area (Å²) in [6.45, 7) is 7.91. The number of nitrogens with two attached hydrogens (primary N) is 1. The second-order valence-corrected chi connectivity index (χ2v) is 5.61. The maximum Gasteiger partial charge on any atom is 0.203 e. The van der Waals surface area contributed by atoms with Crippen LogP contribution in [0.3, 0.4) is 0 Å². The maximum atomic E-state index is 5.56. The van der Waals surface area contributed by atoms with E-state index in [0.717, 1.165) is 23.4 Å². The molecule has 0 spiro atoms. The molecule has 0 saturated carbocycles. The Hall–Kier alpha value is -0.680. The molecule has 0 amide bonds. The SMILES string of the molecule is CC1CCN(Cc2nnc(N)s2)CC1C. The first-order chi connectivity index (χ1) is 7.15. The fourth-order valence-corrected chi connectivity index (χ4v) is 2.67. The summed E-state index contributed by atoms with van der Waals surface area (Å²) in [5.74, 6) is 1.63. The van der Waals surface area contributed by atoms with E-state index in [1.54, 1.807) is 0 Å². The third-order valence-electron chi connectivity index (χ3n) is 3.26. The third-order valence-corrected chi connectivity index (χ3v) is 4.00. The van der Waals surface area contributed by atoms with E-state index in [2.05, 4.69) is 28.9 Å². The number of hydrogen-bond acceptors (Lipinski definition) is 5. The Morgan fingerprint density at radius 2 is 2.20 bits per heavy atom. The predicted molar refractivity (Wildman–Crippen MR) is 62.5 cm³/mol. The maximum absolute atomic E-state index is 5.56. The van der Waals surface area contributed by atoms with Crippen molar-refractivity contribution in [2.45, 2.75) is 26.8 Å². The summed E-state index contributed by atoms with van der Waals surface area (Å²) in [7, 11) is 0. The van der Waals surface area contributed by atoms with Gasteiger partial charge in [-0.2, -0.15) is 0 Å². The smallest absolute Gasteiger partial charge is 0.203 e. The van der Waals surface area contributed by atoms with Crippen LogP contribution in [-0.2, 0) is 6.54 Å². The van der Waals surface area contributed by atoms with E-state index < -0.39 is 0 Å². The molecule has 0 bridgehead atoms. The van der Waals surface area contributed by atoms with Gasteiger partial charge in [0.1, 0.15) is 5.01 Å². The van der Waals surface area contributed by atoms with E-state index in [4.69, 9.17) is 5.73 Å². The molecule has 5 heteroatoms. The average molecular weight is 226 g/mol. The van der Waals surface area contributed by atoms with Crippen LogP contribution in [0.4, 0.5) is 5.13 Å². The molecular formula is C10H18N4S. The van der Waals surface area contributed by atoms with E-state index in [9.17, 15) is 0 Å². The molecule has 2 rings (SSSR count). The van der Waals surface area contributed by atoms with Crippen LogP contribution >= 0.6 is 11.3 Å². The van der Waals surface area contributed by atoms with Crippen molar-refractivity contribution in [3.63, 3.8) is 0 Å². The number of piperidine rings is 1. The molecule has 1 fully saturated rings. The van der Waals surface area contributed by atoms with Gasteiger partial charge in [-0.1, -0.05) is 25.2 Å². The summed E-state index contributed by atoms with van der Waals surface area (Å²) >= 11 is 1.50. The molecule has 0 aromatic carbocycles. The molecule has 84 valence electrons. The van der Waals surface area contributed by atoms with Gasteiger partial charge in [0.15, 0.2) is 0 Å². The second kappa shape index (κ2) is 4.45. The zero-order chi connectivity index (χ0) is 10.8. The molecule has 2 unspecified atom stereocenters. The quantitative estimate of drug-likeness (QED) is 0.832. The first kappa shape index (κ1) is 10.8. The van der Waals surface area contributed by atoms with Crippen LogP contribution in [0, 0.1) is 11.8 Å². The first-order valence-electron chi connectivity index (χ1n) is 5.45. The molecule has 1 aliphatic rings. The van der Waals surface area contributed by atoms with Gasteiger partial charge in [-0.3, -0.25) is 4.90 Å². The highest BCUT2D eigenvalue weighted by molar-refractivity contribution is 7.15. The molecule has 2 atom stereocenters. The zero-order valence-corrected chi connectivity index (χ0v) is 10.1. The molecule has 2 heterocycles. The van der Waals surface area contributed by atoms with Gasteiger partial charge in [-0.15, -0.1) is 10.2 Å². The highest BCUT2D eigenvalue weighted by Crippen LogP contribution is 2.24. The second-order valence-electron chi connectivity index (χ2n) is 4.51. The lowest BCUT2D eigenvalue weighted by molar-refractivity contribution is 0.132. The Kier molecular flexibility index (Phi) is 3.21. The topological polar surface area (TPSA) is 55.0 Å². The average Bonchev–Trinajstić information content (AvgIpc) is 2.58. The molecule has 1 saturated heterocycles. The Morgan fingerprint density at radius 1 is 1.40 bits per heavy atom. The number of anilines is 1. The fourth-order valence-electron chi connectivity index (χ4n) is 2.01. The summed E-state index contributed by atoms with van der Waals surface area (Å²) in [6, 6.07) is 0. The van der Waals surface area contributed by atoms with Crippen LogP contribution in [0.1, 0.15) is 25.3 Å². The van der Waals surface area contributed by atoms with Crippen molar-refractivity contribution in [1.82, 2.24) is 15.1 Å². The number of nitrogen functional groups attached to an aromatic ring is 1. The van der Waals surface area contributed by atoms with Crippen LogP contribution in [0.15, 0.2) is 0 Å². The molecule has 15 heavy (non-hydrogen) atoms. The van der Waals surface area contributed by atoms with Crippen LogP contribution in [0.5, 0.6) is 0 Å². The van der Waals surface area contributed by atoms with Gasteiger partial charge in [0, 0.05) is 6.54 Å². The Labute approximate surface area is 94.5 Å². The van der Waals surface area contributed by atoms with Crippen molar-refractivity contribution in [2.75, 3.05) is 18.8 Å². The molecular weight excluding hydrogens is 208 g/mol. The summed E-state index contributed by atoms with van der Waals surface area (Å²) in [5.41, 5.74) is 5.56. The van der Waals surface area contributed by atoms with E-state index in [-0.39, 0.29) is 0 Å². The molecule has 0 radical (unpaired) electrons. The molecule has 1 aliphatic heterocycles. The molecule has 1 aromatic heterocycles. The van der Waals surface area contributed by atoms with Gasteiger partial charge in [0.25, 0.3) is 0 Å². The van der Waals surface area contributed by atoms with Crippen molar-refractivity contribution in [3.8, 4) is 0 Å². The Bertz CT molecular complexity index is 325. The standard InChI is InChI=1S/C10H18N4S/c1-7-3-4-14(5-8(7)2)6-9-12-13-10(11)15-9/h7-8H,3-6H2,1-2H3,(H2,11,13). The lowest BCUT2D eigenvalue weighted by Crippen LogP contribution is -2.37. The van der Waals surface area contributed by atoms with E-state index in [1.807, 2.05) is 0 Å². The lowest BCUT2D eigenvalue weighted by atomic mass is 9.89. The van der Waals surface area contributed by atoms with Crippen LogP contribution in [-0.4, -0.2) is 28.2 Å². The van der Waals surface area contributed by atoms with Gasteiger partial charge >= 0.3 is 0 Å². The molecule has 0 aliphatic carbocycles. The van der Waals surface area contributed by atoms with Crippen LogP contribution < -0.4 is 5.73 Å². The lowest BCUT2D eigenvalue weighted by Gasteiger charge is -2.34. The van der Waals surface area contributed by atoms with Crippen LogP contribution in [0.2, 0.25) is 0 Å².